The highest BCUT2D eigenvalue weighted by Gasteiger charge is 2.41. The molecular formula is C11H13BrO4S. The van der Waals surface area contributed by atoms with Gasteiger partial charge in [0.25, 0.3) is 0 Å². The van der Waals surface area contributed by atoms with Crippen molar-refractivity contribution >= 4 is 27.7 Å². The van der Waals surface area contributed by atoms with Crippen LogP contribution in [0.15, 0.2) is 33.6 Å². The summed E-state index contributed by atoms with van der Waals surface area (Å²) in [7, 11) is 0. The predicted octanol–water partition coefficient (Wildman–Crippen LogP) is 0.980. The van der Waals surface area contributed by atoms with Gasteiger partial charge in [-0.15, -0.1) is 11.8 Å². The van der Waals surface area contributed by atoms with E-state index in [0.717, 1.165) is 9.37 Å². The predicted molar refractivity (Wildman–Crippen MR) is 67.8 cm³/mol. The van der Waals surface area contributed by atoms with Gasteiger partial charge >= 0.3 is 0 Å². The quantitative estimate of drug-likeness (QED) is 0.724. The molecule has 94 valence electrons. The van der Waals surface area contributed by atoms with Gasteiger partial charge in [-0.05, 0) is 24.3 Å². The van der Waals surface area contributed by atoms with Crippen molar-refractivity contribution in [1.29, 1.82) is 0 Å². The van der Waals surface area contributed by atoms with Gasteiger partial charge in [0.15, 0.2) is 6.29 Å². The molecule has 1 saturated heterocycles. The van der Waals surface area contributed by atoms with Crippen LogP contribution in [-0.2, 0) is 4.74 Å². The van der Waals surface area contributed by atoms with Gasteiger partial charge in [-0.2, -0.15) is 0 Å². The zero-order chi connectivity index (χ0) is 12.4. The summed E-state index contributed by atoms with van der Waals surface area (Å²) >= 11 is 4.85. The molecule has 6 heteroatoms. The van der Waals surface area contributed by atoms with E-state index in [4.69, 9.17) is 4.74 Å². The molecule has 0 amide bonds. The lowest BCUT2D eigenvalue weighted by molar-refractivity contribution is -0.123. The molecule has 3 N–H and O–H groups in total. The van der Waals surface area contributed by atoms with Crippen molar-refractivity contribution in [3.63, 3.8) is 0 Å². The monoisotopic (exact) mass is 320 g/mol. The molecule has 1 aliphatic rings. The topological polar surface area (TPSA) is 69.9 Å². The van der Waals surface area contributed by atoms with Crippen molar-refractivity contribution in [3.8, 4) is 0 Å². The van der Waals surface area contributed by atoms with Crippen molar-refractivity contribution in [2.75, 3.05) is 5.75 Å². The van der Waals surface area contributed by atoms with Gasteiger partial charge in [0, 0.05) is 15.1 Å². The van der Waals surface area contributed by atoms with Crippen molar-refractivity contribution < 1.29 is 20.1 Å². The van der Waals surface area contributed by atoms with Crippen molar-refractivity contribution in [1.82, 2.24) is 0 Å². The molecule has 1 aliphatic heterocycles. The van der Waals surface area contributed by atoms with Gasteiger partial charge in [-0.1, -0.05) is 15.9 Å². The number of hydrogen-bond donors (Lipinski definition) is 3. The molecule has 1 aromatic rings. The van der Waals surface area contributed by atoms with Gasteiger partial charge < -0.3 is 20.1 Å². The largest absolute Gasteiger partial charge is 0.387 e. The van der Waals surface area contributed by atoms with E-state index in [9.17, 15) is 15.3 Å². The average molecular weight is 321 g/mol. The molecule has 0 aromatic heterocycles. The molecular weight excluding hydrogens is 308 g/mol. The Hall–Kier alpha value is -0.110. The van der Waals surface area contributed by atoms with Gasteiger partial charge in [-0.25, -0.2) is 0 Å². The second-order valence-electron chi connectivity index (χ2n) is 3.81. The van der Waals surface area contributed by atoms with Crippen LogP contribution in [0.4, 0.5) is 0 Å². The molecule has 0 aliphatic carbocycles. The van der Waals surface area contributed by atoms with Crippen molar-refractivity contribution in [2.24, 2.45) is 0 Å². The summed E-state index contributed by atoms with van der Waals surface area (Å²) in [5.41, 5.74) is 0. The number of halogens is 1. The standard InChI is InChI=1S/C11H13BrO4S/c12-6-1-3-7(4-2-6)17-5-8-9(13)10(14)11(15)16-8/h1-4,8-11,13-15H,5H2/t8-,9-,10-,11?/m1/s1. The second-order valence-corrected chi connectivity index (χ2v) is 5.82. The van der Waals surface area contributed by atoms with E-state index >= 15 is 0 Å². The molecule has 4 atom stereocenters. The zero-order valence-corrected chi connectivity index (χ0v) is 11.3. The lowest BCUT2D eigenvalue weighted by Crippen LogP contribution is -2.33. The maximum Gasteiger partial charge on any atom is 0.183 e. The normalized spacial score (nSPS) is 32.9. The van der Waals surface area contributed by atoms with E-state index in [1.165, 1.54) is 11.8 Å². The number of hydrogen-bond acceptors (Lipinski definition) is 5. The summed E-state index contributed by atoms with van der Waals surface area (Å²) in [5.74, 6) is 0.483. The lowest BCUT2D eigenvalue weighted by atomic mass is 10.2. The average Bonchev–Trinajstić information content (AvgIpc) is 2.56. The minimum absolute atomic E-state index is 0.483. The smallest absolute Gasteiger partial charge is 0.183 e. The number of aliphatic hydroxyl groups is 3. The first-order chi connectivity index (χ1) is 8.08. The van der Waals surface area contributed by atoms with Crippen LogP contribution in [0, 0.1) is 0 Å². The van der Waals surface area contributed by atoms with Crippen LogP contribution in [0.1, 0.15) is 0 Å². The molecule has 1 aromatic carbocycles. The molecule has 0 bridgehead atoms. The number of aliphatic hydroxyl groups excluding tert-OH is 3. The Balaban J connectivity index is 1.88. The Kier molecular flexibility index (Phi) is 4.46. The van der Waals surface area contributed by atoms with Gasteiger partial charge in [0.2, 0.25) is 0 Å². The Bertz CT molecular complexity index is 372. The maximum absolute atomic E-state index is 9.59. The highest BCUT2D eigenvalue weighted by Crippen LogP contribution is 2.27. The summed E-state index contributed by atoms with van der Waals surface area (Å²) in [6.07, 6.45) is -4.09. The van der Waals surface area contributed by atoms with Gasteiger partial charge in [-0.3, -0.25) is 0 Å². The van der Waals surface area contributed by atoms with Crippen LogP contribution in [0.25, 0.3) is 0 Å². The van der Waals surface area contributed by atoms with Crippen LogP contribution < -0.4 is 0 Å². The van der Waals surface area contributed by atoms with Crippen LogP contribution in [0.3, 0.4) is 0 Å². The van der Waals surface area contributed by atoms with Gasteiger partial charge in [0.1, 0.15) is 12.2 Å². The van der Waals surface area contributed by atoms with Crippen LogP contribution >= 0.6 is 27.7 Å². The first kappa shape index (κ1) is 13.3. The summed E-state index contributed by atoms with van der Waals surface area (Å²) < 4.78 is 6.06. The summed E-state index contributed by atoms with van der Waals surface area (Å²) in [6.45, 7) is 0. The third kappa shape index (κ3) is 3.21. The Labute approximate surface area is 112 Å². The van der Waals surface area contributed by atoms with E-state index in [2.05, 4.69) is 15.9 Å². The van der Waals surface area contributed by atoms with E-state index in [1.54, 1.807) is 0 Å². The number of benzene rings is 1. The third-order valence-electron chi connectivity index (χ3n) is 2.57. The Morgan fingerprint density at radius 2 is 1.76 bits per heavy atom. The van der Waals surface area contributed by atoms with Crippen LogP contribution in [0.2, 0.25) is 0 Å². The number of ether oxygens (including phenoxy) is 1. The lowest BCUT2D eigenvalue weighted by Gasteiger charge is -2.13. The number of thioether (sulfide) groups is 1. The fourth-order valence-electron chi connectivity index (χ4n) is 1.58. The van der Waals surface area contributed by atoms with Crippen LogP contribution in [0.5, 0.6) is 0 Å². The molecule has 0 radical (unpaired) electrons. The van der Waals surface area contributed by atoms with Crippen LogP contribution in [-0.4, -0.2) is 45.7 Å². The minimum Gasteiger partial charge on any atom is -0.387 e. The zero-order valence-electron chi connectivity index (χ0n) is 8.86. The minimum atomic E-state index is -1.29. The number of rotatable bonds is 3. The van der Waals surface area contributed by atoms with E-state index in [1.807, 2.05) is 24.3 Å². The summed E-state index contributed by atoms with van der Waals surface area (Å²) in [4.78, 5) is 1.04. The van der Waals surface area contributed by atoms with Crippen molar-refractivity contribution in [2.45, 2.75) is 29.5 Å². The third-order valence-corrected chi connectivity index (χ3v) is 4.19. The van der Waals surface area contributed by atoms with E-state index in [0.29, 0.717) is 5.75 Å². The first-order valence-electron chi connectivity index (χ1n) is 5.16. The molecule has 17 heavy (non-hydrogen) atoms. The maximum atomic E-state index is 9.59. The van der Waals surface area contributed by atoms with Crippen molar-refractivity contribution in [3.05, 3.63) is 28.7 Å². The Morgan fingerprint density at radius 3 is 2.29 bits per heavy atom. The molecule has 0 spiro atoms. The highest BCUT2D eigenvalue weighted by molar-refractivity contribution is 9.10. The molecule has 4 nitrogen and oxygen atoms in total. The summed E-state index contributed by atoms with van der Waals surface area (Å²) in [5, 5.41) is 28.1. The molecule has 1 heterocycles. The fourth-order valence-corrected chi connectivity index (χ4v) is 2.80. The molecule has 1 fully saturated rings. The van der Waals surface area contributed by atoms with Gasteiger partial charge in [0.05, 0.1) is 6.10 Å². The molecule has 1 unspecified atom stereocenters. The molecule has 0 saturated carbocycles. The SMILES string of the molecule is OC1O[C@H](CSc2ccc(Br)cc2)[C@@H](O)[C@H]1O. The molecule has 2 rings (SSSR count). The summed E-state index contributed by atoms with van der Waals surface area (Å²) in [6, 6.07) is 7.75. The van der Waals surface area contributed by atoms with E-state index < -0.39 is 24.6 Å². The Morgan fingerprint density at radius 1 is 1.12 bits per heavy atom. The van der Waals surface area contributed by atoms with E-state index in [-0.39, 0.29) is 0 Å². The highest BCUT2D eigenvalue weighted by atomic mass is 79.9. The first-order valence-corrected chi connectivity index (χ1v) is 6.94. The second kappa shape index (κ2) is 5.69. The fraction of sp³-hybridized carbons (Fsp3) is 0.455.